The Morgan fingerprint density at radius 3 is 2.88 bits per heavy atom. The van der Waals surface area contributed by atoms with E-state index in [9.17, 15) is 5.11 Å². The molecular formula is C14H15NOS. The van der Waals surface area contributed by atoms with E-state index in [0.29, 0.717) is 6.42 Å². The third kappa shape index (κ3) is 2.26. The fourth-order valence-electron chi connectivity index (χ4n) is 2.56. The standard InChI is InChI=1S/C14H15NOS/c16-14(10-13-15-7-8-17-13)6-5-11-3-1-2-4-12(11)9-14/h1-4,7-8,16H,5-6,9-10H2. The number of hydrogen-bond acceptors (Lipinski definition) is 3. The number of hydrogen-bond donors (Lipinski definition) is 1. The summed E-state index contributed by atoms with van der Waals surface area (Å²) in [6, 6.07) is 8.41. The van der Waals surface area contributed by atoms with E-state index in [1.165, 1.54) is 11.1 Å². The van der Waals surface area contributed by atoms with Gasteiger partial charge in [-0.2, -0.15) is 0 Å². The molecule has 1 atom stereocenters. The SMILES string of the molecule is OC1(Cc2nccs2)CCc2ccccc2C1. The largest absolute Gasteiger partial charge is 0.389 e. The molecule has 0 saturated heterocycles. The summed E-state index contributed by atoms with van der Waals surface area (Å²) in [4.78, 5) is 4.27. The van der Waals surface area contributed by atoms with Gasteiger partial charge >= 0.3 is 0 Å². The maximum absolute atomic E-state index is 10.7. The molecule has 0 radical (unpaired) electrons. The molecule has 0 bridgehead atoms. The molecule has 1 heterocycles. The minimum Gasteiger partial charge on any atom is -0.389 e. The first-order valence-electron chi connectivity index (χ1n) is 5.93. The van der Waals surface area contributed by atoms with Gasteiger partial charge in [0.05, 0.1) is 10.6 Å². The molecule has 0 amide bonds. The van der Waals surface area contributed by atoms with Crippen molar-refractivity contribution in [1.82, 2.24) is 4.98 Å². The highest BCUT2D eigenvalue weighted by Crippen LogP contribution is 2.31. The first-order valence-corrected chi connectivity index (χ1v) is 6.81. The van der Waals surface area contributed by atoms with Crippen LogP contribution in [0.2, 0.25) is 0 Å². The van der Waals surface area contributed by atoms with Crippen LogP contribution in [0.1, 0.15) is 22.6 Å². The van der Waals surface area contributed by atoms with Gasteiger partial charge in [0.25, 0.3) is 0 Å². The number of rotatable bonds is 2. The zero-order chi connectivity index (χ0) is 11.7. The van der Waals surface area contributed by atoms with Gasteiger partial charge in [0.2, 0.25) is 0 Å². The van der Waals surface area contributed by atoms with Crippen LogP contribution in [0.5, 0.6) is 0 Å². The number of thiazole rings is 1. The van der Waals surface area contributed by atoms with Crippen LogP contribution >= 0.6 is 11.3 Å². The predicted molar refractivity (Wildman–Crippen MR) is 69.2 cm³/mol. The van der Waals surface area contributed by atoms with E-state index in [2.05, 4.69) is 23.2 Å². The predicted octanol–water partition coefficient (Wildman–Crippen LogP) is 2.61. The second-order valence-electron chi connectivity index (χ2n) is 4.77. The molecule has 1 aliphatic carbocycles. The zero-order valence-electron chi connectivity index (χ0n) is 9.60. The van der Waals surface area contributed by atoms with Crippen LogP contribution < -0.4 is 0 Å². The number of aliphatic hydroxyl groups is 1. The van der Waals surface area contributed by atoms with Crippen molar-refractivity contribution in [3.63, 3.8) is 0 Å². The minimum atomic E-state index is -0.605. The van der Waals surface area contributed by atoms with E-state index in [4.69, 9.17) is 0 Å². The Bertz CT molecular complexity index is 509. The van der Waals surface area contributed by atoms with Crippen molar-refractivity contribution in [2.75, 3.05) is 0 Å². The van der Waals surface area contributed by atoms with Gasteiger partial charge in [0.1, 0.15) is 0 Å². The Kier molecular flexibility index (Phi) is 2.73. The topological polar surface area (TPSA) is 33.1 Å². The maximum Gasteiger partial charge on any atom is 0.0953 e. The molecule has 3 rings (SSSR count). The summed E-state index contributed by atoms with van der Waals surface area (Å²) < 4.78 is 0. The van der Waals surface area contributed by atoms with E-state index in [1.54, 1.807) is 17.5 Å². The zero-order valence-corrected chi connectivity index (χ0v) is 10.4. The number of benzene rings is 1. The lowest BCUT2D eigenvalue weighted by molar-refractivity contribution is 0.0267. The average Bonchev–Trinajstić information content (AvgIpc) is 2.81. The molecule has 2 nitrogen and oxygen atoms in total. The highest BCUT2D eigenvalue weighted by molar-refractivity contribution is 7.09. The molecule has 1 aromatic heterocycles. The molecule has 0 fully saturated rings. The second kappa shape index (κ2) is 4.24. The summed E-state index contributed by atoms with van der Waals surface area (Å²) in [6.07, 6.45) is 5.05. The van der Waals surface area contributed by atoms with Crippen molar-refractivity contribution in [2.24, 2.45) is 0 Å². The summed E-state index contributed by atoms with van der Waals surface area (Å²) in [6.45, 7) is 0. The van der Waals surface area contributed by atoms with E-state index in [1.807, 2.05) is 11.4 Å². The number of aromatic nitrogens is 1. The summed E-state index contributed by atoms with van der Waals surface area (Å²) in [7, 11) is 0. The summed E-state index contributed by atoms with van der Waals surface area (Å²) in [5.41, 5.74) is 2.07. The molecule has 17 heavy (non-hydrogen) atoms. The second-order valence-corrected chi connectivity index (χ2v) is 5.75. The Hall–Kier alpha value is -1.19. The molecule has 1 N–H and O–H groups in total. The molecule has 1 aliphatic rings. The van der Waals surface area contributed by atoms with Crippen LogP contribution in [-0.2, 0) is 19.3 Å². The molecule has 0 spiro atoms. The summed E-state index contributed by atoms with van der Waals surface area (Å²) in [5.74, 6) is 0. The highest BCUT2D eigenvalue weighted by Gasteiger charge is 2.32. The van der Waals surface area contributed by atoms with Crippen molar-refractivity contribution < 1.29 is 5.11 Å². The molecule has 88 valence electrons. The van der Waals surface area contributed by atoms with Crippen molar-refractivity contribution in [3.8, 4) is 0 Å². The maximum atomic E-state index is 10.7. The van der Waals surface area contributed by atoms with Gasteiger partial charge in [0.15, 0.2) is 0 Å². The van der Waals surface area contributed by atoms with E-state index in [-0.39, 0.29) is 0 Å². The molecule has 1 unspecified atom stereocenters. The van der Waals surface area contributed by atoms with Crippen LogP contribution in [0.4, 0.5) is 0 Å². The molecule has 2 aromatic rings. The number of aryl methyl sites for hydroxylation is 1. The third-order valence-corrected chi connectivity index (χ3v) is 4.24. The van der Waals surface area contributed by atoms with Crippen LogP contribution in [0.25, 0.3) is 0 Å². The molecule has 3 heteroatoms. The number of fused-ring (bicyclic) bond motifs is 1. The van der Waals surface area contributed by atoms with Crippen molar-refractivity contribution in [1.29, 1.82) is 0 Å². The quantitative estimate of drug-likeness (QED) is 0.882. The minimum absolute atomic E-state index is 0.605. The first-order chi connectivity index (χ1) is 8.25. The highest BCUT2D eigenvalue weighted by atomic mass is 32.1. The van der Waals surface area contributed by atoms with Gasteiger partial charge in [-0.05, 0) is 24.0 Å². The Morgan fingerprint density at radius 1 is 1.29 bits per heavy atom. The van der Waals surface area contributed by atoms with Gasteiger partial charge in [0, 0.05) is 24.4 Å². The monoisotopic (exact) mass is 245 g/mol. The lowest BCUT2D eigenvalue weighted by Gasteiger charge is -2.33. The lowest BCUT2D eigenvalue weighted by Crippen LogP contribution is -2.38. The van der Waals surface area contributed by atoms with Gasteiger partial charge in [-0.1, -0.05) is 24.3 Å². The first kappa shape index (κ1) is 10.9. The van der Waals surface area contributed by atoms with Crippen LogP contribution in [0.3, 0.4) is 0 Å². The van der Waals surface area contributed by atoms with E-state index in [0.717, 1.165) is 24.3 Å². The molecular weight excluding hydrogens is 230 g/mol. The van der Waals surface area contributed by atoms with Crippen molar-refractivity contribution in [2.45, 2.75) is 31.3 Å². The van der Waals surface area contributed by atoms with Gasteiger partial charge in [-0.15, -0.1) is 11.3 Å². The molecule has 0 aliphatic heterocycles. The van der Waals surface area contributed by atoms with Crippen LogP contribution in [0, 0.1) is 0 Å². The fraction of sp³-hybridized carbons (Fsp3) is 0.357. The van der Waals surface area contributed by atoms with Crippen LogP contribution in [0.15, 0.2) is 35.8 Å². The third-order valence-electron chi connectivity index (χ3n) is 3.46. The normalized spacial score (nSPS) is 23.4. The van der Waals surface area contributed by atoms with Gasteiger partial charge in [-0.25, -0.2) is 4.98 Å². The number of nitrogens with zero attached hydrogens (tertiary/aromatic N) is 1. The summed E-state index contributed by atoms with van der Waals surface area (Å²) >= 11 is 1.63. The Labute approximate surface area is 105 Å². The van der Waals surface area contributed by atoms with E-state index < -0.39 is 5.60 Å². The fourth-order valence-corrected chi connectivity index (χ4v) is 3.31. The average molecular weight is 245 g/mol. The Morgan fingerprint density at radius 2 is 2.12 bits per heavy atom. The van der Waals surface area contributed by atoms with Gasteiger partial charge in [-0.3, -0.25) is 0 Å². The van der Waals surface area contributed by atoms with Crippen LogP contribution in [-0.4, -0.2) is 15.7 Å². The van der Waals surface area contributed by atoms with Gasteiger partial charge < -0.3 is 5.11 Å². The Balaban J connectivity index is 1.82. The molecule has 0 saturated carbocycles. The lowest BCUT2D eigenvalue weighted by atomic mass is 9.79. The van der Waals surface area contributed by atoms with Crippen molar-refractivity contribution in [3.05, 3.63) is 52.0 Å². The smallest absolute Gasteiger partial charge is 0.0953 e. The van der Waals surface area contributed by atoms with Crippen molar-refractivity contribution >= 4 is 11.3 Å². The summed E-state index contributed by atoms with van der Waals surface area (Å²) in [5, 5.41) is 13.7. The molecule has 1 aromatic carbocycles. The van der Waals surface area contributed by atoms with E-state index >= 15 is 0 Å².